The zero-order chi connectivity index (χ0) is 9.19. The van der Waals surface area contributed by atoms with Gasteiger partial charge in [0.2, 0.25) is 0 Å². The smallest absolute Gasteiger partial charge is 0.151 e. The van der Waals surface area contributed by atoms with E-state index >= 15 is 0 Å². The highest BCUT2D eigenvalue weighted by molar-refractivity contribution is 7.91. The topological polar surface area (TPSA) is 37.4 Å². The van der Waals surface area contributed by atoms with Gasteiger partial charge in [0, 0.05) is 19.3 Å². The van der Waals surface area contributed by atoms with Gasteiger partial charge in [-0.3, -0.25) is 4.90 Å². The van der Waals surface area contributed by atoms with Crippen LogP contribution < -0.4 is 0 Å². The van der Waals surface area contributed by atoms with Crippen LogP contribution in [0.4, 0.5) is 4.39 Å². The van der Waals surface area contributed by atoms with Crippen LogP contribution in [-0.2, 0) is 9.84 Å². The first-order valence-corrected chi connectivity index (χ1v) is 5.96. The minimum absolute atomic E-state index is 0.274. The molecular weight excluding hydrogens is 181 g/mol. The van der Waals surface area contributed by atoms with Crippen molar-refractivity contribution in [3.8, 4) is 0 Å². The van der Waals surface area contributed by atoms with Crippen molar-refractivity contribution in [1.29, 1.82) is 0 Å². The average molecular weight is 195 g/mol. The summed E-state index contributed by atoms with van der Waals surface area (Å²) in [5.41, 5.74) is 0. The number of nitrogens with zero attached hydrogens (tertiary/aromatic N) is 1. The van der Waals surface area contributed by atoms with Gasteiger partial charge < -0.3 is 0 Å². The summed E-state index contributed by atoms with van der Waals surface area (Å²) >= 11 is 0. The lowest BCUT2D eigenvalue weighted by atomic mass is 10.4. The van der Waals surface area contributed by atoms with Gasteiger partial charge in [-0.25, -0.2) is 12.8 Å². The zero-order valence-electron chi connectivity index (χ0n) is 7.16. The molecule has 0 aromatic carbocycles. The first-order valence-electron chi connectivity index (χ1n) is 4.01. The van der Waals surface area contributed by atoms with Crippen LogP contribution in [0.15, 0.2) is 0 Å². The van der Waals surface area contributed by atoms with Gasteiger partial charge in [-0.1, -0.05) is 0 Å². The Morgan fingerprint density at radius 1 is 1.58 bits per heavy atom. The van der Waals surface area contributed by atoms with Crippen LogP contribution in [0.5, 0.6) is 0 Å². The Morgan fingerprint density at radius 3 is 2.67 bits per heavy atom. The molecule has 0 amide bonds. The highest BCUT2D eigenvalue weighted by atomic mass is 32.2. The van der Waals surface area contributed by atoms with Crippen LogP contribution >= 0.6 is 0 Å². The van der Waals surface area contributed by atoms with Gasteiger partial charge in [0.25, 0.3) is 0 Å². The fourth-order valence-electron chi connectivity index (χ4n) is 1.47. The Kier molecular flexibility index (Phi) is 3.06. The van der Waals surface area contributed by atoms with Crippen molar-refractivity contribution in [3.63, 3.8) is 0 Å². The lowest BCUT2D eigenvalue weighted by Gasteiger charge is -2.12. The van der Waals surface area contributed by atoms with Gasteiger partial charge in [0.1, 0.15) is 6.67 Å². The molecule has 1 heterocycles. The van der Waals surface area contributed by atoms with Gasteiger partial charge in [0.15, 0.2) is 9.84 Å². The Labute approximate surface area is 72.5 Å². The number of hydrogen-bond donors (Lipinski definition) is 0. The molecule has 1 fully saturated rings. The van der Waals surface area contributed by atoms with Crippen molar-refractivity contribution >= 4 is 9.84 Å². The van der Waals surface area contributed by atoms with Crippen molar-refractivity contribution in [3.05, 3.63) is 0 Å². The van der Waals surface area contributed by atoms with Crippen molar-refractivity contribution in [1.82, 2.24) is 4.90 Å². The van der Waals surface area contributed by atoms with Crippen LogP contribution in [0.2, 0.25) is 0 Å². The monoisotopic (exact) mass is 195 g/mol. The molecule has 0 aliphatic carbocycles. The number of sulfone groups is 1. The molecule has 0 radical (unpaired) electrons. The molecule has 12 heavy (non-hydrogen) atoms. The maximum Gasteiger partial charge on any atom is 0.151 e. The van der Waals surface area contributed by atoms with E-state index in [1.807, 2.05) is 4.90 Å². The summed E-state index contributed by atoms with van der Waals surface area (Å²) in [6, 6.07) is 0. The average Bonchev–Trinajstić information content (AvgIpc) is 2.35. The highest BCUT2D eigenvalue weighted by Crippen LogP contribution is 2.15. The number of alkyl halides is 1. The van der Waals surface area contributed by atoms with Crippen molar-refractivity contribution < 1.29 is 12.8 Å². The number of halogens is 1. The Balaban J connectivity index is 2.46. The molecule has 0 spiro atoms. The third kappa shape index (κ3) is 2.42. The van der Waals surface area contributed by atoms with Crippen molar-refractivity contribution in [2.24, 2.45) is 0 Å². The number of hydrogen-bond acceptors (Lipinski definition) is 3. The lowest BCUT2D eigenvalue weighted by molar-refractivity contribution is 0.297. The molecule has 0 saturated carbocycles. The van der Waals surface area contributed by atoms with Crippen molar-refractivity contribution in [2.45, 2.75) is 11.7 Å². The zero-order valence-corrected chi connectivity index (χ0v) is 7.98. The summed E-state index contributed by atoms with van der Waals surface area (Å²) < 4.78 is 34.0. The molecule has 0 aromatic rings. The standard InChI is InChI=1S/C7H14FNO2S/c1-12(10,11)7-2-4-9(6-7)5-3-8/h7H,2-6H2,1H3. The SMILES string of the molecule is CS(=O)(=O)C1CCN(CCF)C1. The van der Waals surface area contributed by atoms with E-state index in [2.05, 4.69) is 0 Å². The normalized spacial score (nSPS) is 26.3. The molecule has 1 aliphatic rings. The third-order valence-electron chi connectivity index (χ3n) is 2.24. The molecule has 1 atom stereocenters. The molecule has 1 aliphatic heterocycles. The predicted molar refractivity (Wildman–Crippen MR) is 45.7 cm³/mol. The molecule has 1 unspecified atom stereocenters. The van der Waals surface area contributed by atoms with Crippen LogP contribution in [0.3, 0.4) is 0 Å². The molecule has 1 saturated heterocycles. The summed E-state index contributed by atoms with van der Waals surface area (Å²) in [5, 5.41) is -0.274. The lowest BCUT2D eigenvalue weighted by Crippen LogP contribution is -2.27. The maximum absolute atomic E-state index is 11.9. The van der Waals surface area contributed by atoms with Crippen LogP contribution in [0.1, 0.15) is 6.42 Å². The predicted octanol–water partition coefficient (Wildman–Crippen LogP) is 0.0748. The number of rotatable bonds is 3. The third-order valence-corrected chi connectivity index (χ3v) is 3.83. The second-order valence-electron chi connectivity index (χ2n) is 3.23. The van der Waals surface area contributed by atoms with Gasteiger partial charge in [-0.05, 0) is 13.0 Å². The van der Waals surface area contributed by atoms with Gasteiger partial charge in [-0.2, -0.15) is 0 Å². The molecule has 0 aromatic heterocycles. The van der Waals surface area contributed by atoms with E-state index in [1.54, 1.807) is 0 Å². The fourth-order valence-corrected chi connectivity index (χ4v) is 2.48. The summed E-state index contributed by atoms with van der Waals surface area (Å²) in [6.45, 7) is 1.19. The molecule has 0 bridgehead atoms. The maximum atomic E-state index is 11.9. The minimum Gasteiger partial charge on any atom is -0.299 e. The van der Waals surface area contributed by atoms with E-state index in [9.17, 15) is 12.8 Å². The largest absolute Gasteiger partial charge is 0.299 e. The van der Waals surface area contributed by atoms with E-state index in [1.165, 1.54) is 6.26 Å². The quantitative estimate of drug-likeness (QED) is 0.640. The molecule has 5 heteroatoms. The van der Waals surface area contributed by atoms with E-state index in [0.29, 0.717) is 26.1 Å². The Hall–Kier alpha value is -0.160. The summed E-state index contributed by atoms with van der Waals surface area (Å²) in [6.07, 6.45) is 1.90. The molecular formula is C7H14FNO2S. The number of likely N-dealkylation sites (tertiary alicyclic amines) is 1. The summed E-state index contributed by atoms with van der Waals surface area (Å²) in [4.78, 5) is 1.85. The highest BCUT2D eigenvalue weighted by Gasteiger charge is 2.29. The molecule has 0 N–H and O–H groups in total. The minimum atomic E-state index is -2.92. The second-order valence-corrected chi connectivity index (χ2v) is 5.56. The molecule has 1 rings (SSSR count). The summed E-state index contributed by atoms with van der Waals surface area (Å²) in [7, 11) is -2.92. The van der Waals surface area contributed by atoms with E-state index in [0.717, 1.165) is 0 Å². The Morgan fingerprint density at radius 2 is 2.25 bits per heavy atom. The van der Waals surface area contributed by atoms with E-state index < -0.39 is 16.5 Å². The van der Waals surface area contributed by atoms with Gasteiger partial charge >= 0.3 is 0 Å². The van der Waals surface area contributed by atoms with E-state index in [4.69, 9.17) is 0 Å². The van der Waals surface area contributed by atoms with Crippen LogP contribution in [-0.4, -0.2) is 51.1 Å². The first kappa shape index (κ1) is 9.92. The van der Waals surface area contributed by atoms with Crippen LogP contribution in [0.25, 0.3) is 0 Å². The summed E-state index contributed by atoms with van der Waals surface area (Å²) in [5.74, 6) is 0. The second kappa shape index (κ2) is 3.70. The Bertz CT molecular complexity index is 240. The van der Waals surface area contributed by atoms with Gasteiger partial charge in [-0.15, -0.1) is 0 Å². The van der Waals surface area contributed by atoms with Crippen LogP contribution in [0, 0.1) is 0 Å². The fraction of sp³-hybridized carbons (Fsp3) is 1.00. The first-order chi connectivity index (χ1) is 5.54. The van der Waals surface area contributed by atoms with Crippen molar-refractivity contribution in [2.75, 3.05) is 32.6 Å². The van der Waals surface area contributed by atoms with Gasteiger partial charge in [0.05, 0.1) is 5.25 Å². The molecule has 72 valence electrons. The molecule has 3 nitrogen and oxygen atoms in total. The van der Waals surface area contributed by atoms with E-state index in [-0.39, 0.29) is 5.25 Å².